The van der Waals surface area contributed by atoms with Crippen LogP contribution in [0.1, 0.15) is 68.3 Å². The Morgan fingerprint density at radius 3 is 2.53 bits per heavy atom. The van der Waals surface area contributed by atoms with Crippen LogP contribution in [0.4, 0.5) is 0 Å². The molecule has 1 aromatic rings. The fraction of sp³-hybridized carbons (Fsp3) is 0.733. The Balaban J connectivity index is 1.39. The zero-order valence-electron chi connectivity index (χ0n) is 23.7. The molecule has 0 unspecified atom stereocenters. The third-order valence-electron chi connectivity index (χ3n) is 8.15. The molecule has 1 aromatic carbocycles. The monoisotopic (exact) mass is 529 g/mol. The van der Waals surface area contributed by atoms with Crippen LogP contribution in [0.25, 0.3) is 0 Å². The molecule has 8 heteroatoms. The molecule has 1 aliphatic carbocycles. The Morgan fingerprint density at radius 2 is 1.87 bits per heavy atom. The summed E-state index contributed by atoms with van der Waals surface area (Å²) in [6, 6.07) is 6.19. The molecule has 0 spiro atoms. The number of hydrogen-bond donors (Lipinski definition) is 1. The van der Waals surface area contributed by atoms with Gasteiger partial charge in [0.25, 0.3) is 5.91 Å². The van der Waals surface area contributed by atoms with Gasteiger partial charge in [0, 0.05) is 70.6 Å². The van der Waals surface area contributed by atoms with Gasteiger partial charge >= 0.3 is 0 Å². The van der Waals surface area contributed by atoms with Gasteiger partial charge in [0.2, 0.25) is 5.91 Å². The van der Waals surface area contributed by atoms with Crippen molar-refractivity contribution in [2.24, 2.45) is 11.8 Å². The SMILES string of the molecule is COCCCOc1cc(C(=O)N(C[C@@H]2CNC[C@H]2CN(C(=O)C[C@@H]2CCCO2)C2CC2)C(C)C)ccc1C. The summed E-state index contributed by atoms with van der Waals surface area (Å²) >= 11 is 0. The highest BCUT2D eigenvalue weighted by Crippen LogP contribution is 2.32. The second kappa shape index (κ2) is 13.8. The van der Waals surface area contributed by atoms with Crippen LogP contribution >= 0.6 is 0 Å². The van der Waals surface area contributed by atoms with Crippen molar-refractivity contribution in [1.29, 1.82) is 0 Å². The molecule has 0 bridgehead atoms. The first-order valence-corrected chi connectivity index (χ1v) is 14.5. The normalized spacial score (nSPS) is 23.1. The van der Waals surface area contributed by atoms with Gasteiger partial charge < -0.3 is 29.3 Å². The number of aryl methyl sites for hydroxylation is 1. The van der Waals surface area contributed by atoms with Crippen LogP contribution < -0.4 is 10.1 Å². The number of nitrogens with zero attached hydrogens (tertiary/aromatic N) is 2. The molecule has 2 heterocycles. The highest BCUT2D eigenvalue weighted by atomic mass is 16.5. The third kappa shape index (κ3) is 7.70. The van der Waals surface area contributed by atoms with Crippen molar-refractivity contribution in [3.05, 3.63) is 29.3 Å². The first-order valence-electron chi connectivity index (χ1n) is 14.5. The van der Waals surface area contributed by atoms with Crippen molar-refractivity contribution in [3.8, 4) is 5.75 Å². The average Bonchev–Trinajstić information content (AvgIpc) is 3.42. The van der Waals surface area contributed by atoms with Gasteiger partial charge in [-0.15, -0.1) is 0 Å². The zero-order chi connectivity index (χ0) is 27.1. The predicted octanol–water partition coefficient (Wildman–Crippen LogP) is 3.66. The minimum atomic E-state index is 0.0286. The molecule has 3 aliphatic rings. The molecule has 212 valence electrons. The standard InChI is InChI=1S/C30H47N3O5/c1-21(2)32(30(35)23-9-8-22(3)28(15-23)38-14-6-12-36-4)19-24-17-31-18-25(24)20-33(26-10-11-26)29(34)16-27-7-5-13-37-27/h8-9,15,21,24-27,31H,5-7,10-14,16-20H2,1-4H3/t24-,25-,27-/m0/s1. The number of nitrogens with one attached hydrogen (secondary N) is 1. The average molecular weight is 530 g/mol. The maximum absolute atomic E-state index is 13.7. The number of carbonyl (C=O) groups excluding carboxylic acids is 2. The number of rotatable bonds is 14. The second-order valence-electron chi connectivity index (χ2n) is 11.5. The van der Waals surface area contributed by atoms with Gasteiger partial charge in [-0.1, -0.05) is 6.07 Å². The summed E-state index contributed by atoms with van der Waals surface area (Å²) in [6.07, 6.45) is 5.63. The molecular weight excluding hydrogens is 482 g/mol. The lowest BCUT2D eigenvalue weighted by molar-refractivity contribution is -0.134. The number of methoxy groups -OCH3 is 1. The van der Waals surface area contributed by atoms with Crippen LogP contribution in [0.3, 0.4) is 0 Å². The van der Waals surface area contributed by atoms with Crippen molar-refractivity contribution in [2.75, 3.05) is 53.1 Å². The maximum Gasteiger partial charge on any atom is 0.254 e. The molecule has 8 nitrogen and oxygen atoms in total. The van der Waals surface area contributed by atoms with E-state index in [0.29, 0.717) is 49.6 Å². The highest BCUT2D eigenvalue weighted by Gasteiger charge is 2.39. The smallest absolute Gasteiger partial charge is 0.254 e. The van der Waals surface area contributed by atoms with Crippen LogP contribution in [0.15, 0.2) is 18.2 Å². The maximum atomic E-state index is 13.7. The molecule has 2 aliphatic heterocycles. The fourth-order valence-corrected chi connectivity index (χ4v) is 5.65. The molecule has 2 amide bonds. The Bertz CT molecular complexity index is 928. The molecular formula is C30H47N3O5. The Hall–Kier alpha value is -2.16. The van der Waals surface area contributed by atoms with Gasteiger partial charge in [-0.3, -0.25) is 9.59 Å². The van der Waals surface area contributed by atoms with E-state index in [1.807, 2.05) is 30.0 Å². The minimum absolute atomic E-state index is 0.0286. The van der Waals surface area contributed by atoms with E-state index in [0.717, 1.165) is 69.7 Å². The van der Waals surface area contributed by atoms with E-state index in [1.54, 1.807) is 7.11 Å². The summed E-state index contributed by atoms with van der Waals surface area (Å²) in [5, 5.41) is 3.54. The number of carbonyl (C=O) groups is 2. The fourth-order valence-electron chi connectivity index (χ4n) is 5.65. The Morgan fingerprint density at radius 1 is 1.11 bits per heavy atom. The van der Waals surface area contributed by atoms with Crippen LogP contribution in [0.2, 0.25) is 0 Å². The topological polar surface area (TPSA) is 80.3 Å². The zero-order valence-corrected chi connectivity index (χ0v) is 23.7. The number of amides is 2. The number of ether oxygens (including phenoxy) is 3. The summed E-state index contributed by atoms with van der Waals surface area (Å²) in [4.78, 5) is 31.0. The molecule has 1 N–H and O–H groups in total. The Kier molecular flexibility index (Phi) is 10.4. The molecule has 1 saturated carbocycles. The van der Waals surface area contributed by atoms with E-state index in [1.165, 1.54) is 0 Å². The highest BCUT2D eigenvalue weighted by molar-refractivity contribution is 5.95. The number of benzene rings is 1. The van der Waals surface area contributed by atoms with Crippen LogP contribution in [0, 0.1) is 18.8 Å². The van der Waals surface area contributed by atoms with Gasteiger partial charge in [-0.25, -0.2) is 0 Å². The molecule has 4 rings (SSSR count). The van der Waals surface area contributed by atoms with Crippen molar-refractivity contribution in [3.63, 3.8) is 0 Å². The molecule has 3 fully saturated rings. The third-order valence-corrected chi connectivity index (χ3v) is 8.15. The molecule has 0 radical (unpaired) electrons. The molecule has 0 aromatic heterocycles. The molecule has 3 atom stereocenters. The lowest BCUT2D eigenvalue weighted by atomic mass is 9.93. The predicted molar refractivity (Wildman–Crippen MR) is 148 cm³/mol. The van der Waals surface area contributed by atoms with E-state index in [4.69, 9.17) is 14.2 Å². The van der Waals surface area contributed by atoms with Gasteiger partial charge in [0.05, 0.1) is 19.1 Å². The van der Waals surface area contributed by atoms with Crippen molar-refractivity contribution < 1.29 is 23.8 Å². The minimum Gasteiger partial charge on any atom is -0.493 e. The van der Waals surface area contributed by atoms with E-state index < -0.39 is 0 Å². The summed E-state index contributed by atoms with van der Waals surface area (Å²) in [5.41, 5.74) is 1.67. The van der Waals surface area contributed by atoms with Crippen molar-refractivity contribution in [2.45, 2.75) is 77.5 Å². The van der Waals surface area contributed by atoms with Gasteiger partial charge in [0.15, 0.2) is 0 Å². The van der Waals surface area contributed by atoms with E-state index >= 15 is 0 Å². The van der Waals surface area contributed by atoms with E-state index in [-0.39, 0.29) is 24.0 Å². The van der Waals surface area contributed by atoms with Crippen molar-refractivity contribution in [1.82, 2.24) is 15.1 Å². The van der Waals surface area contributed by atoms with Crippen LogP contribution in [0.5, 0.6) is 5.75 Å². The summed E-state index contributed by atoms with van der Waals surface area (Å²) in [5.74, 6) is 1.64. The van der Waals surface area contributed by atoms with Gasteiger partial charge in [-0.2, -0.15) is 0 Å². The van der Waals surface area contributed by atoms with Crippen LogP contribution in [-0.2, 0) is 14.3 Å². The van der Waals surface area contributed by atoms with Crippen molar-refractivity contribution >= 4 is 11.8 Å². The Labute approximate surface area is 228 Å². The van der Waals surface area contributed by atoms with Gasteiger partial charge in [-0.05, 0) is 76.0 Å². The van der Waals surface area contributed by atoms with E-state index in [2.05, 4.69) is 24.1 Å². The second-order valence-corrected chi connectivity index (χ2v) is 11.5. The van der Waals surface area contributed by atoms with Crippen LogP contribution in [-0.4, -0.2) is 92.9 Å². The quantitative estimate of drug-likeness (QED) is 0.371. The first-order chi connectivity index (χ1) is 18.4. The summed E-state index contributed by atoms with van der Waals surface area (Å²) < 4.78 is 16.8. The summed E-state index contributed by atoms with van der Waals surface area (Å²) in [7, 11) is 1.68. The lowest BCUT2D eigenvalue weighted by Crippen LogP contribution is -2.45. The number of hydrogen-bond acceptors (Lipinski definition) is 6. The molecule has 2 saturated heterocycles. The first kappa shape index (κ1) is 28.8. The summed E-state index contributed by atoms with van der Waals surface area (Å²) in [6.45, 7) is 11.3. The lowest BCUT2D eigenvalue weighted by Gasteiger charge is -2.34. The molecule has 38 heavy (non-hydrogen) atoms. The van der Waals surface area contributed by atoms with Gasteiger partial charge in [0.1, 0.15) is 5.75 Å². The largest absolute Gasteiger partial charge is 0.493 e. The van der Waals surface area contributed by atoms with E-state index in [9.17, 15) is 9.59 Å².